The summed E-state index contributed by atoms with van der Waals surface area (Å²) < 4.78 is 2.03. The van der Waals surface area contributed by atoms with Crippen molar-refractivity contribution in [2.45, 2.75) is 44.9 Å². The van der Waals surface area contributed by atoms with Crippen LogP contribution in [0.4, 0.5) is 5.13 Å². The average Bonchev–Trinajstić information content (AvgIpc) is 3.07. The smallest absolute Gasteiger partial charge is 0.235 e. The van der Waals surface area contributed by atoms with Crippen LogP contribution in [0.2, 0.25) is 0 Å². The van der Waals surface area contributed by atoms with E-state index in [4.69, 9.17) is 0 Å². The molecule has 0 aliphatic heterocycles. The summed E-state index contributed by atoms with van der Waals surface area (Å²) in [6, 6.07) is 0. The van der Waals surface area contributed by atoms with E-state index in [0.29, 0.717) is 5.13 Å². The highest BCUT2D eigenvalue weighted by Crippen LogP contribution is 2.31. The lowest BCUT2D eigenvalue weighted by molar-refractivity contribution is -0.118. The predicted octanol–water partition coefficient (Wildman–Crippen LogP) is 2.89. The summed E-state index contributed by atoms with van der Waals surface area (Å²) >= 11 is 1.57. The standard InChI is InChI=1S/C15H20N4OS/c1-3-5-10-8-16-15(21-10)18-14(20)11-6-4-7-12-13(11)17-9-19(12)2/h8-9,11H,3-7H2,1-2H3,(H,16,18,20). The maximum absolute atomic E-state index is 12.5. The van der Waals surface area contributed by atoms with Gasteiger partial charge in [-0.05, 0) is 25.7 Å². The van der Waals surface area contributed by atoms with Crippen LogP contribution in [0.15, 0.2) is 12.5 Å². The summed E-state index contributed by atoms with van der Waals surface area (Å²) in [5.41, 5.74) is 2.12. The molecule has 0 saturated heterocycles. The number of rotatable bonds is 4. The lowest BCUT2D eigenvalue weighted by atomic mass is 9.89. The fourth-order valence-electron chi connectivity index (χ4n) is 2.85. The number of hydrogen-bond donors (Lipinski definition) is 1. The highest BCUT2D eigenvalue weighted by molar-refractivity contribution is 7.15. The number of thiazole rings is 1. The molecule has 0 bridgehead atoms. The molecule has 5 nitrogen and oxygen atoms in total. The molecule has 1 aliphatic carbocycles. The number of nitrogens with one attached hydrogen (secondary N) is 1. The zero-order chi connectivity index (χ0) is 14.8. The van der Waals surface area contributed by atoms with Gasteiger partial charge in [0, 0.05) is 23.8 Å². The van der Waals surface area contributed by atoms with Crippen molar-refractivity contribution in [1.29, 1.82) is 0 Å². The zero-order valence-corrected chi connectivity index (χ0v) is 13.2. The highest BCUT2D eigenvalue weighted by Gasteiger charge is 2.30. The van der Waals surface area contributed by atoms with Gasteiger partial charge in [-0.25, -0.2) is 9.97 Å². The van der Waals surface area contributed by atoms with E-state index in [0.717, 1.165) is 37.8 Å². The minimum atomic E-state index is -0.145. The number of hydrogen-bond acceptors (Lipinski definition) is 4. The molecule has 1 N–H and O–H groups in total. The second-order valence-corrected chi connectivity index (χ2v) is 6.62. The van der Waals surface area contributed by atoms with Crippen molar-refractivity contribution < 1.29 is 4.79 Å². The first-order chi connectivity index (χ1) is 10.2. The molecule has 2 aromatic rings. The molecule has 0 saturated carbocycles. The molecule has 112 valence electrons. The van der Waals surface area contributed by atoms with Crippen molar-refractivity contribution in [3.05, 3.63) is 28.8 Å². The number of carbonyl (C=O) groups excluding carboxylic acids is 1. The average molecular weight is 304 g/mol. The molecule has 2 heterocycles. The number of anilines is 1. The van der Waals surface area contributed by atoms with Gasteiger partial charge in [0.15, 0.2) is 5.13 Å². The van der Waals surface area contributed by atoms with E-state index >= 15 is 0 Å². The Balaban J connectivity index is 1.73. The van der Waals surface area contributed by atoms with Gasteiger partial charge in [0.25, 0.3) is 0 Å². The van der Waals surface area contributed by atoms with Gasteiger partial charge in [-0.3, -0.25) is 4.79 Å². The Morgan fingerprint density at radius 1 is 1.52 bits per heavy atom. The topological polar surface area (TPSA) is 59.8 Å². The van der Waals surface area contributed by atoms with Crippen molar-refractivity contribution in [1.82, 2.24) is 14.5 Å². The van der Waals surface area contributed by atoms with Gasteiger partial charge in [0.2, 0.25) is 5.91 Å². The molecule has 0 aromatic carbocycles. The molecule has 6 heteroatoms. The minimum absolute atomic E-state index is 0.0204. The third kappa shape index (κ3) is 2.85. The normalized spacial score (nSPS) is 17.5. The van der Waals surface area contributed by atoms with Gasteiger partial charge >= 0.3 is 0 Å². The van der Waals surface area contributed by atoms with Crippen molar-refractivity contribution in [3.8, 4) is 0 Å². The molecule has 0 spiro atoms. The van der Waals surface area contributed by atoms with E-state index < -0.39 is 0 Å². The van der Waals surface area contributed by atoms with E-state index in [2.05, 4.69) is 22.2 Å². The fraction of sp³-hybridized carbons (Fsp3) is 0.533. The van der Waals surface area contributed by atoms with E-state index in [9.17, 15) is 4.79 Å². The number of aryl methyl sites for hydroxylation is 2. The number of fused-ring (bicyclic) bond motifs is 1. The first-order valence-electron chi connectivity index (χ1n) is 7.44. The van der Waals surface area contributed by atoms with Gasteiger partial charge in [0.05, 0.1) is 17.9 Å². The molecule has 1 aliphatic rings. The monoisotopic (exact) mass is 304 g/mol. The molecular formula is C15H20N4OS. The lowest BCUT2D eigenvalue weighted by Crippen LogP contribution is -2.25. The van der Waals surface area contributed by atoms with E-state index in [1.54, 1.807) is 17.7 Å². The van der Waals surface area contributed by atoms with Gasteiger partial charge in [-0.15, -0.1) is 11.3 Å². The summed E-state index contributed by atoms with van der Waals surface area (Å²) in [4.78, 5) is 22.4. The van der Waals surface area contributed by atoms with E-state index in [-0.39, 0.29) is 11.8 Å². The molecule has 21 heavy (non-hydrogen) atoms. The van der Waals surface area contributed by atoms with Crippen LogP contribution in [0.1, 0.15) is 48.4 Å². The number of aromatic nitrogens is 3. The Labute approximate surface area is 128 Å². The fourth-order valence-corrected chi connectivity index (χ4v) is 3.77. The second kappa shape index (κ2) is 5.97. The van der Waals surface area contributed by atoms with Gasteiger partial charge in [-0.2, -0.15) is 0 Å². The molecule has 2 aromatic heterocycles. The van der Waals surface area contributed by atoms with Crippen molar-refractivity contribution >= 4 is 22.4 Å². The first kappa shape index (κ1) is 14.3. The van der Waals surface area contributed by atoms with Crippen LogP contribution in [0.3, 0.4) is 0 Å². The molecule has 0 radical (unpaired) electrons. The number of imidazole rings is 1. The Bertz CT molecular complexity index is 646. The molecule has 1 unspecified atom stereocenters. The van der Waals surface area contributed by atoms with Crippen LogP contribution in [0, 0.1) is 0 Å². The maximum Gasteiger partial charge on any atom is 0.235 e. The third-order valence-electron chi connectivity index (χ3n) is 3.92. The Morgan fingerprint density at radius 3 is 3.19 bits per heavy atom. The lowest BCUT2D eigenvalue weighted by Gasteiger charge is -2.20. The largest absolute Gasteiger partial charge is 0.337 e. The third-order valence-corrected chi connectivity index (χ3v) is 4.90. The van der Waals surface area contributed by atoms with Crippen molar-refractivity contribution in [3.63, 3.8) is 0 Å². The van der Waals surface area contributed by atoms with E-state index in [1.807, 2.05) is 17.8 Å². The van der Waals surface area contributed by atoms with E-state index in [1.165, 1.54) is 10.6 Å². The van der Waals surface area contributed by atoms with Crippen LogP contribution in [0.25, 0.3) is 0 Å². The second-order valence-electron chi connectivity index (χ2n) is 5.50. The summed E-state index contributed by atoms with van der Waals surface area (Å²) in [5, 5.41) is 3.66. The van der Waals surface area contributed by atoms with Crippen LogP contribution in [-0.4, -0.2) is 20.4 Å². The summed E-state index contributed by atoms with van der Waals surface area (Å²) in [6.45, 7) is 2.14. The Hall–Kier alpha value is -1.69. The molecule has 3 rings (SSSR count). The molecule has 1 atom stereocenters. The minimum Gasteiger partial charge on any atom is -0.337 e. The van der Waals surface area contributed by atoms with Crippen LogP contribution in [-0.2, 0) is 24.7 Å². The van der Waals surface area contributed by atoms with Gasteiger partial charge in [0.1, 0.15) is 0 Å². The summed E-state index contributed by atoms with van der Waals surface area (Å²) in [6.07, 6.45) is 8.67. The van der Waals surface area contributed by atoms with Crippen LogP contribution < -0.4 is 5.32 Å². The van der Waals surface area contributed by atoms with Crippen molar-refractivity contribution in [2.24, 2.45) is 7.05 Å². The molecular weight excluding hydrogens is 284 g/mol. The summed E-state index contributed by atoms with van der Waals surface area (Å²) in [5.74, 6) is -0.125. The molecule has 1 amide bonds. The number of nitrogens with zero attached hydrogens (tertiary/aromatic N) is 3. The number of amides is 1. The predicted molar refractivity (Wildman–Crippen MR) is 83.6 cm³/mol. The Morgan fingerprint density at radius 2 is 2.38 bits per heavy atom. The Kier molecular flexibility index (Phi) is 4.05. The quantitative estimate of drug-likeness (QED) is 0.945. The highest BCUT2D eigenvalue weighted by atomic mass is 32.1. The van der Waals surface area contributed by atoms with Crippen LogP contribution in [0.5, 0.6) is 0 Å². The van der Waals surface area contributed by atoms with Crippen molar-refractivity contribution in [2.75, 3.05) is 5.32 Å². The van der Waals surface area contributed by atoms with Gasteiger partial charge in [-0.1, -0.05) is 13.3 Å². The molecule has 0 fully saturated rings. The summed E-state index contributed by atoms with van der Waals surface area (Å²) in [7, 11) is 1.99. The first-order valence-corrected chi connectivity index (χ1v) is 8.26. The number of carbonyl (C=O) groups is 1. The van der Waals surface area contributed by atoms with Gasteiger partial charge < -0.3 is 9.88 Å². The zero-order valence-electron chi connectivity index (χ0n) is 12.4. The SMILES string of the molecule is CCCc1cnc(NC(=O)C2CCCc3c2ncn3C)s1. The maximum atomic E-state index is 12.5. The van der Waals surface area contributed by atoms with Crippen LogP contribution >= 0.6 is 11.3 Å².